The average molecular weight is 665 g/mol. The van der Waals surface area contributed by atoms with Gasteiger partial charge in [-0.2, -0.15) is 0 Å². The lowest BCUT2D eigenvalue weighted by Crippen LogP contribution is -2.30. The van der Waals surface area contributed by atoms with Crippen LogP contribution < -0.4 is 9.47 Å². The highest BCUT2D eigenvalue weighted by atomic mass is 16.5. The molecule has 2 aromatic carbocycles. The maximum absolute atomic E-state index is 12.7. The lowest BCUT2D eigenvalue weighted by atomic mass is 9.82. The van der Waals surface area contributed by atoms with Crippen molar-refractivity contribution in [2.75, 3.05) is 27.4 Å². The Morgan fingerprint density at radius 1 is 0.583 bits per heavy atom. The van der Waals surface area contributed by atoms with Crippen LogP contribution in [-0.4, -0.2) is 51.9 Å². The number of allylic oxidation sites excluding steroid dienone is 2. The van der Waals surface area contributed by atoms with E-state index in [1.807, 2.05) is 48.5 Å². The molecule has 0 atom stereocenters. The number of rotatable bonds is 20. The molecule has 1 saturated carbocycles. The number of unbranched alkanes of at least 4 members (excludes halogenated alkanes) is 6. The van der Waals surface area contributed by atoms with Gasteiger partial charge in [-0.1, -0.05) is 63.1 Å². The van der Waals surface area contributed by atoms with E-state index in [0.717, 1.165) is 51.7 Å². The molecule has 8 nitrogen and oxygen atoms in total. The van der Waals surface area contributed by atoms with E-state index in [0.29, 0.717) is 49.8 Å². The molecular weight excluding hydrogens is 608 g/mol. The summed E-state index contributed by atoms with van der Waals surface area (Å²) in [4.78, 5) is 43.6. The van der Waals surface area contributed by atoms with Crippen molar-refractivity contribution in [2.45, 2.75) is 89.9 Å². The van der Waals surface area contributed by atoms with Crippen LogP contribution in [0.4, 0.5) is 0 Å². The molecule has 8 heteroatoms. The second-order valence-corrected chi connectivity index (χ2v) is 11.7. The molecule has 1 fully saturated rings. The minimum absolute atomic E-state index is 0.176. The Bertz CT molecular complexity index is 1060. The Morgan fingerprint density at radius 2 is 0.896 bits per heavy atom. The normalized spacial score (nSPS) is 15.0. The topological polar surface area (TPSA) is 105 Å². The maximum atomic E-state index is 12.7. The number of esters is 2. The number of aldehydes is 2. The molecular formula is C40H56O8. The van der Waals surface area contributed by atoms with Crippen molar-refractivity contribution in [1.29, 1.82) is 0 Å². The quantitative estimate of drug-likeness (QED) is 0.0458. The van der Waals surface area contributed by atoms with Gasteiger partial charge >= 0.3 is 11.9 Å². The third-order valence-corrected chi connectivity index (χ3v) is 8.00. The molecule has 0 N–H and O–H groups in total. The smallest absolute Gasteiger partial charge is 0.314 e. The van der Waals surface area contributed by atoms with Crippen LogP contribution in [-0.2, 0) is 41.5 Å². The van der Waals surface area contributed by atoms with E-state index in [1.54, 1.807) is 14.2 Å². The Hall–Kier alpha value is -3.88. The first-order chi connectivity index (χ1) is 23.4. The van der Waals surface area contributed by atoms with Gasteiger partial charge in [0, 0.05) is 27.4 Å². The van der Waals surface area contributed by atoms with Crippen LogP contribution in [0.3, 0.4) is 0 Å². The zero-order valence-corrected chi connectivity index (χ0v) is 29.1. The number of aryl methyl sites for hydroxylation is 2. The Balaban J connectivity index is 0.00000129. The molecule has 0 saturated heterocycles. The second-order valence-electron chi connectivity index (χ2n) is 11.7. The SMILES string of the molecule is C=CC=O.C=CC=O.COCCCCCCc1ccc(OC(=O)C2CCC(C(=O)Oc3ccc(CCCCCCOC)cc3)CC2)cc1. The maximum Gasteiger partial charge on any atom is 0.314 e. The first kappa shape index (κ1) is 42.1. The number of hydrogen-bond acceptors (Lipinski definition) is 8. The molecule has 264 valence electrons. The first-order valence-corrected chi connectivity index (χ1v) is 17.1. The van der Waals surface area contributed by atoms with Crippen molar-refractivity contribution in [3.63, 3.8) is 0 Å². The molecule has 2 aromatic rings. The summed E-state index contributed by atoms with van der Waals surface area (Å²) in [5, 5.41) is 0. The van der Waals surface area contributed by atoms with Gasteiger partial charge in [-0.25, -0.2) is 0 Å². The number of ether oxygens (including phenoxy) is 4. The van der Waals surface area contributed by atoms with E-state index >= 15 is 0 Å². The van der Waals surface area contributed by atoms with Gasteiger partial charge in [0.25, 0.3) is 0 Å². The van der Waals surface area contributed by atoms with Crippen molar-refractivity contribution in [3.05, 3.63) is 85.0 Å². The molecule has 1 aliphatic carbocycles. The van der Waals surface area contributed by atoms with Gasteiger partial charge in [-0.05, 0) is 112 Å². The second kappa shape index (κ2) is 28.2. The highest BCUT2D eigenvalue weighted by Gasteiger charge is 2.32. The fourth-order valence-electron chi connectivity index (χ4n) is 5.27. The van der Waals surface area contributed by atoms with Gasteiger partial charge in [-0.3, -0.25) is 19.2 Å². The summed E-state index contributed by atoms with van der Waals surface area (Å²) < 4.78 is 21.5. The van der Waals surface area contributed by atoms with E-state index in [2.05, 4.69) is 13.2 Å². The molecule has 0 radical (unpaired) electrons. The standard InChI is InChI=1S/C34H48O6.2C3H4O/c1-37-25-9-5-3-7-11-27-13-21-31(22-14-27)39-33(35)29-17-19-30(20-18-29)34(36)40-32-23-15-28(16-24-32)12-8-4-6-10-26-38-2;2*1-2-3-4/h13-16,21-24,29-30H,3-12,17-20,25-26H2,1-2H3;2*2-3H,1H2. The molecule has 1 aliphatic rings. The largest absolute Gasteiger partial charge is 0.426 e. The third-order valence-electron chi connectivity index (χ3n) is 8.00. The molecule has 0 spiro atoms. The molecule has 3 rings (SSSR count). The molecule has 0 aliphatic heterocycles. The van der Waals surface area contributed by atoms with Crippen LogP contribution >= 0.6 is 0 Å². The number of benzene rings is 2. The van der Waals surface area contributed by atoms with Crippen LogP contribution in [0.15, 0.2) is 73.8 Å². The summed E-state index contributed by atoms with van der Waals surface area (Å²) >= 11 is 0. The van der Waals surface area contributed by atoms with Gasteiger partial charge < -0.3 is 18.9 Å². The first-order valence-electron chi connectivity index (χ1n) is 17.1. The van der Waals surface area contributed by atoms with E-state index < -0.39 is 0 Å². The van der Waals surface area contributed by atoms with Crippen LogP contribution in [0.5, 0.6) is 11.5 Å². The number of carbonyl (C=O) groups is 4. The summed E-state index contributed by atoms with van der Waals surface area (Å²) in [6, 6.07) is 15.7. The van der Waals surface area contributed by atoms with Crippen LogP contribution in [0.2, 0.25) is 0 Å². The van der Waals surface area contributed by atoms with E-state index in [-0.39, 0.29) is 23.8 Å². The summed E-state index contributed by atoms with van der Waals surface area (Å²) in [6.45, 7) is 7.88. The van der Waals surface area contributed by atoms with E-state index in [9.17, 15) is 9.59 Å². The summed E-state index contributed by atoms with van der Waals surface area (Å²) in [6.07, 6.45) is 17.6. The third kappa shape index (κ3) is 19.7. The van der Waals surface area contributed by atoms with Crippen molar-refractivity contribution < 1.29 is 38.1 Å². The zero-order chi connectivity index (χ0) is 35.2. The predicted molar refractivity (Wildman–Crippen MR) is 190 cm³/mol. The van der Waals surface area contributed by atoms with Gasteiger partial charge in [0.05, 0.1) is 11.8 Å². The lowest BCUT2D eigenvalue weighted by molar-refractivity contribution is -0.145. The van der Waals surface area contributed by atoms with Gasteiger partial charge in [-0.15, -0.1) is 0 Å². The zero-order valence-electron chi connectivity index (χ0n) is 29.1. The molecule has 0 bridgehead atoms. The van der Waals surface area contributed by atoms with Crippen molar-refractivity contribution in [2.24, 2.45) is 11.8 Å². The van der Waals surface area contributed by atoms with Crippen LogP contribution in [0.25, 0.3) is 0 Å². The van der Waals surface area contributed by atoms with E-state index in [1.165, 1.54) is 49.0 Å². The predicted octanol–water partition coefficient (Wildman–Crippen LogP) is 8.25. The highest BCUT2D eigenvalue weighted by molar-refractivity contribution is 5.77. The van der Waals surface area contributed by atoms with E-state index in [4.69, 9.17) is 28.5 Å². The molecule has 0 aromatic heterocycles. The minimum Gasteiger partial charge on any atom is -0.426 e. The van der Waals surface area contributed by atoms with Crippen LogP contribution in [0, 0.1) is 11.8 Å². The average Bonchev–Trinajstić information content (AvgIpc) is 3.12. The Labute approximate surface area is 287 Å². The van der Waals surface area contributed by atoms with Crippen molar-refractivity contribution >= 4 is 24.5 Å². The van der Waals surface area contributed by atoms with Gasteiger partial charge in [0.15, 0.2) is 0 Å². The summed E-state index contributed by atoms with van der Waals surface area (Å²) in [7, 11) is 3.48. The summed E-state index contributed by atoms with van der Waals surface area (Å²) in [5.74, 6) is 0.419. The van der Waals surface area contributed by atoms with Gasteiger partial charge in [0.1, 0.15) is 24.1 Å². The fraction of sp³-hybridized carbons (Fsp3) is 0.500. The Kier molecular flexibility index (Phi) is 24.7. The van der Waals surface area contributed by atoms with Crippen molar-refractivity contribution in [3.8, 4) is 11.5 Å². The number of hydrogen-bond donors (Lipinski definition) is 0. The molecule has 48 heavy (non-hydrogen) atoms. The molecule has 0 unspecified atom stereocenters. The summed E-state index contributed by atoms with van der Waals surface area (Å²) in [5.41, 5.74) is 2.52. The monoisotopic (exact) mass is 664 g/mol. The minimum atomic E-state index is -0.202. The Morgan fingerprint density at radius 3 is 1.19 bits per heavy atom. The highest BCUT2D eigenvalue weighted by Crippen LogP contribution is 2.31. The fourth-order valence-corrected chi connectivity index (χ4v) is 5.27. The molecule has 0 heterocycles. The van der Waals surface area contributed by atoms with Gasteiger partial charge in [0.2, 0.25) is 0 Å². The lowest BCUT2D eigenvalue weighted by Gasteiger charge is -2.25. The van der Waals surface area contributed by atoms with Crippen molar-refractivity contribution in [1.82, 2.24) is 0 Å². The molecule has 0 amide bonds. The van der Waals surface area contributed by atoms with Crippen LogP contribution in [0.1, 0.15) is 88.2 Å². The number of carbonyl (C=O) groups excluding carboxylic acids is 4. The number of methoxy groups -OCH3 is 2.